The molecular formula is C7H9BrClNS. The highest BCUT2D eigenvalue weighted by Gasteiger charge is 2.11. The van der Waals surface area contributed by atoms with E-state index in [1.54, 1.807) is 11.3 Å². The van der Waals surface area contributed by atoms with Gasteiger partial charge in [0, 0.05) is 4.88 Å². The van der Waals surface area contributed by atoms with Crippen molar-refractivity contribution in [3.05, 3.63) is 21.3 Å². The van der Waals surface area contributed by atoms with Crippen molar-refractivity contribution in [3.8, 4) is 0 Å². The number of thiophene rings is 1. The Morgan fingerprint density at radius 1 is 1.55 bits per heavy atom. The van der Waals surface area contributed by atoms with Gasteiger partial charge in [-0.15, -0.1) is 11.3 Å². The Labute approximate surface area is 84.1 Å². The predicted molar refractivity (Wildman–Crippen MR) is 54.7 cm³/mol. The van der Waals surface area contributed by atoms with Crippen molar-refractivity contribution in [1.82, 2.24) is 4.90 Å². The van der Waals surface area contributed by atoms with Crippen LogP contribution < -0.4 is 0 Å². The van der Waals surface area contributed by atoms with Crippen molar-refractivity contribution in [2.45, 2.75) is 4.95 Å². The fraction of sp³-hybridized carbons (Fsp3) is 0.429. The lowest BCUT2D eigenvalue weighted by Crippen LogP contribution is -2.12. The highest BCUT2D eigenvalue weighted by molar-refractivity contribution is 9.09. The maximum absolute atomic E-state index is 5.79. The lowest BCUT2D eigenvalue weighted by molar-refractivity contribution is 0.402. The molecule has 1 atom stereocenters. The van der Waals surface area contributed by atoms with Gasteiger partial charge in [-0.3, -0.25) is 4.90 Å². The minimum absolute atomic E-state index is 0.278. The van der Waals surface area contributed by atoms with E-state index in [2.05, 4.69) is 20.8 Å². The van der Waals surface area contributed by atoms with E-state index in [1.165, 1.54) is 4.88 Å². The van der Waals surface area contributed by atoms with Gasteiger partial charge in [-0.2, -0.15) is 0 Å². The lowest BCUT2D eigenvalue weighted by atomic mass is 10.4. The molecule has 1 heterocycles. The molecule has 0 N–H and O–H groups in total. The third kappa shape index (κ3) is 2.44. The summed E-state index contributed by atoms with van der Waals surface area (Å²) in [6, 6.07) is 3.95. The average Bonchev–Trinajstić information content (AvgIpc) is 2.34. The molecule has 0 fully saturated rings. The van der Waals surface area contributed by atoms with Gasteiger partial charge in [0.05, 0.1) is 9.29 Å². The Hall–Kier alpha value is 0.430. The van der Waals surface area contributed by atoms with Crippen LogP contribution in [0, 0.1) is 0 Å². The quantitative estimate of drug-likeness (QED) is 0.578. The van der Waals surface area contributed by atoms with Crippen molar-refractivity contribution in [3.63, 3.8) is 0 Å². The van der Waals surface area contributed by atoms with Gasteiger partial charge >= 0.3 is 0 Å². The first-order valence-corrected chi connectivity index (χ1v) is 5.28. The van der Waals surface area contributed by atoms with E-state index in [0.29, 0.717) is 0 Å². The SMILES string of the molecule is CN(C)C(Br)c1ccc(Cl)s1. The molecule has 4 heteroatoms. The van der Waals surface area contributed by atoms with Crippen LogP contribution in [0.1, 0.15) is 9.83 Å². The second-order valence-electron chi connectivity index (χ2n) is 2.44. The van der Waals surface area contributed by atoms with Gasteiger partial charge in [0.1, 0.15) is 0 Å². The fourth-order valence-corrected chi connectivity index (χ4v) is 2.28. The van der Waals surface area contributed by atoms with Crippen LogP contribution in [0.25, 0.3) is 0 Å². The minimum atomic E-state index is 0.278. The molecule has 1 aromatic heterocycles. The van der Waals surface area contributed by atoms with Crippen molar-refractivity contribution >= 4 is 38.9 Å². The van der Waals surface area contributed by atoms with Gasteiger partial charge in [0.25, 0.3) is 0 Å². The summed E-state index contributed by atoms with van der Waals surface area (Å²) in [4.78, 5) is 3.60. The third-order valence-corrected chi connectivity index (χ3v) is 4.18. The van der Waals surface area contributed by atoms with Crippen molar-refractivity contribution in [2.75, 3.05) is 14.1 Å². The van der Waals surface area contributed by atoms with E-state index in [0.717, 1.165) is 4.34 Å². The zero-order valence-corrected chi connectivity index (χ0v) is 9.50. The molecule has 0 saturated heterocycles. The standard InChI is InChI=1S/C7H9BrClNS/c1-10(2)7(8)5-3-4-6(9)11-5/h3-4,7H,1-2H3. The van der Waals surface area contributed by atoms with Crippen molar-refractivity contribution in [1.29, 1.82) is 0 Å². The first-order chi connectivity index (χ1) is 5.11. The zero-order valence-electron chi connectivity index (χ0n) is 6.34. The summed E-state index contributed by atoms with van der Waals surface area (Å²) in [6.45, 7) is 0. The molecule has 0 aliphatic rings. The predicted octanol–water partition coefficient (Wildman–Crippen LogP) is 3.36. The first kappa shape index (κ1) is 9.52. The molecule has 1 aromatic rings. The van der Waals surface area contributed by atoms with Gasteiger partial charge < -0.3 is 0 Å². The molecule has 0 bridgehead atoms. The summed E-state index contributed by atoms with van der Waals surface area (Å²) in [7, 11) is 4.04. The van der Waals surface area contributed by atoms with Gasteiger partial charge in [-0.25, -0.2) is 0 Å². The molecule has 0 aliphatic carbocycles. The lowest BCUT2D eigenvalue weighted by Gasteiger charge is -2.15. The Bertz CT molecular complexity index is 236. The Balaban J connectivity index is 2.76. The van der Waals surface area contributed by atoms with Crippen molar-refractivity contribution < 1.29 is 0 Å². The smallest absolute Gasteiger partial charge is 0.1000 e. The number of alkyl halides is 1. The molecule has 0 radical (unpaired) electrons. The molecule has 62 valence electrons. The number of hydrogen-bond donors (Lipinski definition) is 0. The van der Waals surface area contributed by atoms with Gasteiger partial charge in [-0.05, 0) is 26.2 Å². The molecule has 0 aliphatic heterocycles. The van der Waals surface area contributed by atoms with Crippen LogP contribution in [0.3, 0.4) is 0 Å². The van der Waals surface area contributed by atoms with Crippen LogP contribution in [0.4, 0.5) is 0 Å². The number of nitrogens with zero attached hydrogens (tertiary/aromatic N) is 1. The van der Waals surface area contributed by atoms with E-state index < -0.39 is 0 Å². The van der Waals surface area contributed by atoms with Crippen LogP contribution >= 0.6 is 38.9 Å². The summed E-state index contributed by atoms with van der Waals surface area (Å²) in [5.41, 5.74) is 0. The topological polar surface area (TPSA) is 3.24 Å². The van der Waals surface area contributed by atoms with Gasteiger partial charge in [-0.1, -0.05) is 27.5 Å². The molecule has 1 unspecified atom stereocenters. The van der Waals surface area contributed by atoms with E-state index in [1.807, 2.05) is 26.2 Å². The van der Waals surface area contributed by atoms with Crippen LogP contribution in [0.2, 0.25) is 4.34 Å². The van der Waals surface area contributed by atoms with Crippen LogP contribution in [0.5, 0.6) is 0 Å². The summed E-state index contributed by atoms with van der Waals surface area (Å²) >= 11 is 10.9. The highest BCUT2D eigenvalue weighted by Crippen LogP contribution is 2.32. The van der Waals surface area contributed by atoms with E-state index in [-0.39, 0.29) is 4.95 Å². The van der Waals surface area contributed by atoms with E-state index in [9.17, 15) is 0 Å². The first-order valence-electron chi connectivity index (χ1n) is 3.17. The molecule has 0 saturated carbocycles. The van der Waals surface area contributed by atoms with Gasteiger partial charge in [0.2, 0.25) is 0 Å². The Kier molecular flexibility index (Phi) is 3.37. The summed E-state index contributed by atoms with van der Waals surface area (Å²) < 4.78 is 0.839. The third-order valence-electron chi connectivity index (χ3n) is 1.28. The highest BCUT2D eigenvalue weighted by atomic mass is 79.9. The summed E-state index contributed by atoms with van der Waals surface area (Å²) in [6.07, 6.45) is 0. The number of rotatable bonds is 2. The molecule has 11 heavy (non-hydrogen) atoms. The fourth-order valence-electron chi connectivity index (χ4n) is 0.711. The molecule has 1 nitrogen and oxygen atoms in total. The largest absolute Gasteiger partial charge is 0.293 e. The zero-order chi connectivity index (χ0) is 8.43. The molecular weight excluding hydrogens is 246 g/mol. The number of hydrogen-bond acceptors (Lipinski definition) is 2. The normalized spacial score (nSPS) is 13.9. The molecule has 0 amide bonds. The Morgan fingerprint density at radius 2 is 2.18 bits per heavy atom. The number of halogens is 2. The second-order valence-corrected chi connectivity index (χ2v) is 5.06. The second kappa shape index (κ2) is 3.90. The minimum Gasteiger partial charge on any atom is -0.293 e. The average molecular weight is 255 g/mol. The summed E-state index contributed by atoms with van der Waals surface area (Å²) in [5.74, 6) is 0. The summed E-state index contributed by atoms with van der Waals surface area (Å²) in [5, 5.41) is 0. The maximum Gasteiger partial charge on any atom is 0.1000 e. The van der Waals surface area contributed by atoms with Crippen LogP contribution in [0.15, 0.2) is 12.1 Å². The van der Waals surface area contributed by atoms with Crippen LogP contribution in [-0.4, -0.2) is 19.0 Å². The molecule has 0 spiro atoms. The van der Waals surface area contributed by atoms with E-state index >= 15 is 0 Å². The van der Waals surface area contributed by atoms with Crippen molar-refractivity contribution in [2.24, 2.45) is 0 Å². The maximum atomic E-state index is 5.79. The van der Waals surface area contributed by atoms with Crippen LogP contribution in [-0.2, 0) is 0 Å². The van der Waals surface area contributed by atoms with Gasteiger partial charge in [0.15, 0.2) is 0 Å². The molecule has 1 rings (SSSR count). The molecule has 0 aromatic carbocycles. The monoisotopic (exact) mass is 253 g/mol. The Morgan fingerprint density at radius 3 is 2.55 bits per heavy atom. The van der Waals surface area contributed by atoms with E-state index in [4.69, 9.17) is 11.6 Å².